The normalized spacial score (nSPS) is 15.9. The Hall–Kier alpha value is -2.60. The van der Waals surface area contributed by atoms with Crippen molar-refractivity contribution in [2.75, 3.05) is 25.5 Å². The van der Waals surface area contributed by atoms with Crippen LogP contribution in [0.5, 0.6) is 5.75 Å². The molecule has 1 aliphatic heterocycles. The topological polar surface area (TPSA) is 61.8 Å². The zero-order chi connectivity index (χ0) is 19.9. The van der Waals surface area contributed by atoms with Gasteiger partial charge in [-0.2, -0.15) is 0 Å². The Kier molecular flexibility index (Phi) is 6.87. The molecule has 1 fully saturated rings. The van der Waals surface area contributed by atoms with E-state index < -0.39 is 5.82 Å². The summed E-state index contributed by atoms with van der Waals surface area (Å²) in [6.07, 6.45) is 2.71. The summed E-state index contributed by atoms with van der Waals surface area (Å²) in [4.78, 5) is 14.2. The second-order valence-electron chi connectivity index (χ2n) is 7.19. The maximum Gasteiger partial charge on any atom is 0.321 e. The van der Waals surface area contributed by atoms with Crippen molar-refractivity contribution < 1.29 is 19.0 Å². The van der Waals surface area contributed by atoms with Gasteiger partial charge in [0, 0.05) is 19.2 Å². The van der Waals surface area contributed by atoms with Gasteiger partial charge in [-0.3, -0.25) is 0 Å². The number of aryl methyl sites for hydroxylation is 1. The van der Waals surface area contributed by atoms with Gasteiger partial charge in [0.1, 0.15) is 11.6 Å². The Morgan fingerprint density at radius 2 is 1.96 bits per heavy atom. The number of urea groups is 1. The Balaban J connectivity index is 1.48. The molecule has 0 saturated carbocycles. The predicted molar refractivity (Wildman–Crippen MR) is 107 cm³/mol. The number of aliphatic hydroxyl groups is 1. The van der Waals surface area contributed by atoms with Gasteiger partial charge in [0.25, 0.3) is 0 Å². The number of aliphatic hydroxyl groups excluding tert-OH is 1. The van der Waals surface area contributed by atoms with Crippen LogP contribution in [0.25, 0.3) is 0 Å². The van der Waals surface area contributed by atoms with E-state index in [4.69, 9.17) is 4.74 Å². The molecular formula is C22H27FN2O3. The average Bonchev–Trinajstić information content (AvgIpc) is 2.73. The lowest BCUT2D eigenvalue weighted by atomic mass is 9.88. The van der Waals surface area contributed by atoms with Crippen LogP contribution in [0, 0.1) is 11.7 Å². The van der Waals surface area contributed by atoms with Crippen molar-refractivity contribution in [3.63, 3.8) is 0 Å². The minimum absolute atomic E-state index is 0.191. The number of hydrogen-bond acceptors (Lipinski definition) is 3. The van der Waals surface area contributed by atoms with Crippen molar-refractivity contribution in [3.05, 3.63) is 59.9 Å². The number of anilines is 1. The third-order valence-corrected chi connectivity index (χ3v) is 5.35. The Morgan fingerprint density at radius 1 is 1.25 bits per heavy atom. The molecule has 0 spiro atoms. The van der Waals surface area contributed by atoms with E-state index in [0.29, 0.717) is 24.5 Å². The number of rotatable bonds is 6. The lowest BCUT2D eigenvalue weighted by molar-refractivity contribution is 0.0626. The second kappa shape index (κ2) is 9.55. The fourth-order valence-electron chi connectivity index (χ4n) is 3.65. The molecule has 5 nitrogen and oxygen atoms in total. The molecule has 0 bridgehead atoms. The second-order valence-corrected chi connectivity index (χ2v) is 7.19. The zero-order valence-corrected chi connectivity index (χ0v) is 16.1. The van der Waals surface area contributed by atoms with Gasteiger partial charge in [-0.15, -0.1) is 0 Å². The van der Waals surface area contributed by atoms with Crippen LogP contribution in [0.1, 0.15) is 24.8 Å². The summed E-state index contributed by atoms with van der Waals surface area (Å²) in [5.74, 6) is 0.175. The maximum absolute atomic E-state index is 13.5. The number of benzene rings is 2. The maximum atomic E-state index is 13.5. The van der Waals surface area contributed by atoms with E-state index in [-0.39, 0.29) is 18.1 Å². The van der Waals surface area contributed by atoms with Crippen LogP contribution in [0.2, 0.25) is 0 Å². The molecule has 2 aromatic rings. The number of nitrogens with one attached hydrogen (secondary N) is 1. The average molecular weight is 386 g/mol. The van der Waals surface area contributed by atoms with Crippen molar-refractivity contribution in [2.45, 2.75) is 31.8 Å². The quantitative estimate of drug-likeness (QED) is 0.787. The van der Waals surface area contributed by atoms with Crippen LogP contribution >= 0.6 is 0 Å². The van der Waals surface area contributed by atoms with Crippen molar-refractivity contribution in [2.24, 2.45) is 5.92 Å². The standard InChI is InChI=1S/C22H27FN2O3/c1-28-21-10-8-18(23)15-19(21)24-22(27)25-13-11-17(12-14-25)20(26)9-7-16-5-3-2-4-6-16/h2-6,8,10,15,17,20,26H,7,9,11-14H2,1H3,(H,24,27)/t20-/m1/s1. The fraction of sp³-hybridized carbons (Fsp3) is 0.409. The van der Waals surface area contributed by atoms with Gasteiger partial charge >= 0.3 is 6.03 Å². The Morgan fingerprint density at radius 3 is 2.64 bits per heavy atom. The smallest absolute Gasteiger partial charge is 0.321 e. The van der Waals surface area contributed by atoms with Crippen LogP contribution in [0.15, 0.2) is 48.5 Å². The van der Waals surface area contributed by atoms with Gasteiger partial charge in [0.15, 0.2) is 0 Å². The van der Waals surface area contributed by atoms with Gasteiger partial charge in [-0.1, -0.05) is 30.3 Å². The van der Waals surface area contributed by atoms with Crippen molar-refractivity contribution >= 4 is 11.7 Å². The lowest BCUT2D eigenvalue weighted by Gasteiger charge is -2.34. The molecule has 1 aliphatic rings. The van der Waals surface area contributed by atoms with Crippen LogP contribution in [-0.2, 0) is 6.42 Å². The van der Waals surface area contributed by atoms with E-state index in [1.165, 1.54) is 30.9 Å². The molecule has 0 aliphatic carbocycles. The number of amides is 2. The first kappa shape index (κ1) is 20.1. The number of carbonyl (C=O) groups excluding carboxylic acids is 1. The lowest BCUT2D eigenvalue weighted by Crippen LogP contribution is -2.43. The minimum atomic E-state index is -0.434. The first-order valence-electron chi connectivity index (χ1n) is 9.68. The SMILES string of the molecule is COc1ccc(F)cc1NC(=O)N1CCC([C@H](O)CCc2ccccc2)CC1. The molecule has 28 heavy (non-hydrogen) atoms. The first-order valence-corrected chi connectivity index (χ1v) is 9.68. The molecule has 2 N–H and O–H groups in total. The fourth-order valence-corrected chi connectivity index (χ4v) is 3.65. The van der Waals surface area contributed by atoms with Crippen molar-refractivity contribution in [3.8, 4) is 5.75 Å². The predicted octanol–water partition coefficient (Wildman–Crippen LogP) is 4.07. The van der Waals surface area contributed by atoms with Crippen molar-refractivity contribution in [1.29, 1.82) is 0 Å². The monoisotopic (exact) mass is 386 g/mol. The van der Waals surface area contributed by atoms with E-state index in [9.17, 15) is 14.3 Å². The van der Waals surface area contributed by atoms with Crippen LogP contribution in [-0.4, -0.2) is 42.3 Å². The number of halogens is 1. The van der Waals surface area contributed by atoms with Gasteiger partial charge in [-0.05, 0) is 49.3 Å². The highest BCUT2D eigenvalue weighted by Gasteiger charge is 2.27. The van der Waals surface area contributed by atoms with Crippen LogP contribution < -0.4 is 10.1 Å². The molecule has 1 heterocycles. The van der Waals surface area contributed by atoms with Gasteiger partial charge in [0.05, 0.1) is 18.9 Å². The molecule has 2 amide bonds. The van der Waals surface area contributed by atoms with Gasteiger partial charge in [-0.25, -0.2) is 9.18 Å². The van der Waals surface area contributed by atoms with Crippen molar-refractivity contribution in [1.82, 2.24) is 4.90 Å². The number of methoxy groups -OCH3 is 1. The van der Waals surface area contributed by atoms with E-state index in [0.717, 1.165) is 25.7 Å². The van der Waals surface area contributed by atoms with E-state index >= 15 is 0 Å². The first-order chi connectivity index (χ1) is 13.6. The zero-order valence-electron chi connectivity index (χ0n) is 16.1. The summed E-state index contributed by atoms with van der Waals surface area (Å²) in [6.45, 7) is 1.13. The van der Waals surface area contributed by atoms with E-state index in [1.54, 1.807) is 4.90 Å². The van der Waals surface area contributed by atoms with E-state index in [2.05, 4.69) is 17.4 Å². The Labute approximate surface area is 165 Å². The molecule has 150 valence electrons. The van der Waals surface area contributed by atoms with Crippen LogP contribution in [0.4, 0.5) is 14.9 Å². The largest absolute Gasteiger partial charge is 0.495 e. The molecular weight excluding hydrogens is 359 g/mol. The van der Waals surface area contributed by atoms with Gasteiger partial charge < -0.3 is 20.1 Å². The summed E-state index contributed by atoms with van der Waals surface area (Å²) < 4.78 is 18.6. The highest BCUT2D eigenvalue weighted by atomic mass is 19.1. The number of piperidine rings is 1. The molecule has 1 atom stereocenters. The number of nitrogens with zero attached hydrogens (tertiary/aromatic N) is 1. The minimum Gasteiger partial charge on any atom is -0.495 e. The highest BCUT2D eigenvalue weighted by molar-refractivity contribution is 5.91. The molecule has 6 heteroatoms. The number of likely N-dealkylation sites (tertiary alicyclic amines) is 1. The third kappa shape index (κ3) is 5.23. The summed E-state index contributed by atoms with van der Waals surface area (Å²) in [7, 11) is 1.48. The molecule has 0 unspecified atom stereocenters. The van der Waals surface area contributed by atoms with Gasteiger partial charge in [0.2, 0.25) is 0 Å². The molecule has 2 aromatic carbocycles. The van der Waals surface area contributed by atoms with E-state index in [1.807, 2.05) is 18.2 Å². The molecule has 0 aromatic heterocycles. The van der Waals surface area contributed by atoms with Crippen LogP contribution in [0.3, 0.4) is 0 Å². The highest BCUT2D eigenvalue weighted by Crippen LogP contribution is 2.27. The molecule has 0 radical (unpaired) electrons. The number of carbonyl (C=O) groups is 1. The number of ether oxygens (including phenoxy) is 1. The summed E-state index contributed by atoms with van der Waals surface area (Å²) in [6, 6.07) is 13.9. The molecule has 1 saturated heterocycles. The Bertz CT molecular complexity index is 777. The molecule has 3 rings (SSSR count). The summed E-state index contributed by atoms with van der Waals surface area (Å²) in [5.41, 5.74) is 1.54. The summed E-state index contributed by atoms with van der Waals surface area (Å²) >= 11 is 0. The number of hydrogen-bond donors (Lipinski definition) is 2. The summed E-state index contributed by atoms with van der Waals surface area (Å²) in [5, 5.41) is 13.2. The third-order valence-electron chi connectivity index (χ3n) is 5.35.